The van der Waals surface area contributed by atoms with E-state index in [9.17, 15) is 13.2 Å². The SMILES string of the molecule is CCCCCN(CCCCC)S(=O)(=O)NC(=O)O. The molecule has 0 heterocycles. The van der Waals surface area contributed by atoms with Crippen molar-refractivity contribution in [2.24, 2.45) is 0 Å². The van der Waals surface area contributed by atoms with Crippen LogP contribution in [0, 0.1) is 0 Å². The van der Waals surface area contributed by atoms with Crippen molar-refractivity contribution >= 4 is 16.3 Å². The van der Waals surface area contributed by atoms with E-state index in [2.05, 4.69) is 0 Å². The topological polar surface area (TPSA) is 86.7 Å². The van der Waals surface area contributed by atoms with Gasteiger partial charge in [0.15, 0.2) is 0 Å². The third-order valence-electron chi connectivity index (χ3n) is 2.58. The maximum atomic E-state index is 11.8. The molecule has 0 saturated heterocycles. The van der Waals surface area contributed by atoms with Crippen LogP contribution in [0.5, 0.6) is 0 Å². The highest BCUT2D eigenvalue weighted by atomic mass is 32.2. The summed E-state index contributed by atoms with van der Waals surface area (Å²) < 4.78 is 26.3. The van der Waals surface area contributed by atoms with Crippen molar-refractivity contribution in [3.63, 3.8) is 0 Å². The van der Waals surface area contributed by atoms with E-state index in [0.717, 1.165) is 38.5 Å². The second-order valence-corrected chi connectivity index (χ2v) is 5.90. The molecule has 2 N–H and O–H groups in total. The van der Waals surface area contributed by atoms with Crippen LogP contribution in [-0.4, -0.2) is 37.0 Å². The third kappa shape index (κ3) is 7.50. The highest BCUT2D eigenvalue weighted by Gasteiger charge is 2.22. The lowest BCUT2D eigenvalue weighted by atomic mass is 10.2. The highest BCUT2D eigenvalue weighted by molar-refractivity contribution is 7.87. The molecule has 1 amide bonds. The molecule has 108 valence electrons. The Hall–Kier alpha value is -0.820. The van der Waals surface area contributed by atoms with Crippen LogP contribution in [-0.2, 0) is 10.2 Å². The Kier molecular flexibility index (Phi) is 8.74. The summed E-state index contributed by atoms with van der Waals surface area (Å²) in [5.41, 5.74) is 0. The number of rotatable bonds is 10. The van der Waals surface area contributed by atoms with Gasteiger partial charge in [0.2, 0.25) is 0 Å². The van der Waals surface area contributed by atoms with Gasteiger partial charge in [0.1, 0.15) is 0 Å². The van der Waals surface area contributed by atoms with Crippen molar-refractivity contribution in [1.29, 1.82) is 0 Å². The molecule has 0 spiro atoms. The van der Waals surface area contributed by atoms with Crippen molar-refractivity contribution in [3.8, 4) is 0 Å². The molecule has 0 unspecified atom stereocenters. The van der Waals surface area contributed by atoms with Gasteiger partial charge >= 0.3 is 16.3 Å². The summed E-state index contributed by atoms with van der Waals surface area (Å²) in [6.07, 6.45) is 3.84. The Labute approximate surface area is 110 Å². The smallest absolute Gasteiger partial charge is 0.419 e. The Morgan fingerprint density at radius 3 is 1.83 bits per heavy atom. The van der Waals surface area contributed by atoms with Gasteiger partial charge in [-0.1, -0.05) is 39.5 Å². The molecular formula is C11H24N2O4S. The Balaban J connectivity index is 4.46. The number of nitrogens with one attached hydrogen (secondary N) is 1. The molecule has 0 aliphatic carbocycles. The van der Waals surface area contributed by atoms with Crippen LogP contribution in [0.3, 0.4) is 0 Å². The molecule has 0 radical (unpaired) electrons. The Bertz CT molecular complexity index is 320. The van der Waals surface area contributed by atoms with Crippen LogP contribution >= 0.6 is 0 Å². The average Bonchev–Trinajstić information content (AvgIpc) is 2.25. The van der Waals surface area contributed by atoms with Crippen LogP contribution in [0.25, 0.3) is 0 Å². The molecule has 0 aliphatic heterocycles. The van der Waals surface area contributed by atoms with Gasteiger partial charge in [-0.2, -0.15) is 12.7 Å². The van der Waals surface area contributed by atoms with Gasteiger partial charge in [-0.05, 0) is 12.8 Å². The lowest BCUT2D eigenvalue weighted by molar-refractivity contribution is 0.200. The predicted octanol–water partition coefficient (Wildman–Crippen LogP) is 2.18. The maximum absolute atomic E-state index is 11.8. The van der Waals surface area contributed by atoms with Crippen LogP contribution < -0.4 is 4.72 Å². The van der Waals surface area contributed by atoms with Gasteiger partial charge in [-0.15, -0.1) is 0 Å². The minimum absolute atomic E-state index is 0.375. The van der Waals surface area contributed by atoms with Crippen molar-refractivity contribution in [2.75, 3.05) is 13.1 Å². The normalized spacial score (nSPS) is 11.7. The lowest BCUT2D eigenvalue weighted by Gasteiger charge is -2.21. The zero-order valence-electron chi connectivity index (χ0n) is 11.2. The van der Waals surface area contributed by atoms with Crippen molar-refractivity contribution < 1.29 is 18.3 Å². The molecule has 6 nitrogen and oxygen atoms in total. The number of amides is 1. The summed E-state index contributed by atoms with van der Waals surface area (Å²) in [5, 5.41) is 8.52. The summed E-state index contributed by atoms with van der Waals surface area (Å²) in [4.78, 5) is 10.5. The lowest BCUT2D eigenvalue weighted by Crippen LogP contribution is -2.43. The molecule has 0 fully saturated rings. The zero-order valence-corrected chi connectivity index (χ0v) is 12.0. The molecular weight excluding hydrogens is 256 g/mol. The fraction of sp³-hybridized carbons (Fsp3) is 0.909. The van der Waals surface area contributed by atoms with E-state index in [0.29, 0.717) is 13.1 Å². The van der Waals surface area contributed by atoms with Gasteiger partial charge in [0.05, 0.1) is 0 Å². The van der Waals surface area contributed by atoms with Crippen LogP contribution in [0.15, 0.2) is 0 Å². The molecule has 0 atom stereocenters. The summed E-state index contributed by atoms with van der Waals surface area (Å²) in [6, 6.07) is 0. The first-order chi connectivity index (χ1) is 8.44. The number of carboxylic acid groups (broad SMARTS) is 1. The first-order valence-electron chi connectivity index (χ1n) is 6.44. The van der Waals surface area contributed by atoms with Crippen LogP contribution in [0.2, 0.25) is 0 Å². The first kappa shape index (κ1) is 17.2. The molecule has 18 heavy (non-hydrogen) atoms. The average molecular weight is 280 g/mol. The summed E-state index contributed by atoms with van der Waals surface area (Å²) in [6.45, 7) is 4.82. The number of hydrogen-bond donors (Lipinski definition) is 2. The Morgan fingerprint density at radius 1 is 1.06 bits per heavy atom. The van der Waals surface area contributed by atoms with E-state index in [1.165, 1.54) is 4.31 Å². The van der Waals surface area contributed by atoms with Crippen LogP contribution in [0.4, 0.5) is 4.79 Å². The van der Waals surface area contributed by atoms with E-state index in [1.54, 1.807) is 4.72 Å². The van der Waals surface area contributed by atoms with Crippen molar-refractivity contribution in [2.45, 2.75) is 52.4 Å². The molecule has 7 heteroatoms. The van der Waals surface area contributed by atoms with Crippen molar-refractivity contribution in [1.82, 2.24) is 9.03 Å². The largest absolute Gasteiger partial charge is 0.464 e. The summed E-state index contributed by atoms with van der Waals surface area (Å²) >= 11 is 0. The summed E-state index contributed by atoms with van der Waals surface area (Å²) in [7, 11) is -3.90. The zero-order chi connectivity index (χ0) is 14.0. The quantitative estimate of drug-likeness (QED) is 0.600. The molecule has 0 bridgehead atoms. The van der Waals surface area contributed by atoms with E-state index >= 15 is 0 Å². The van der Waals surface area contributed by atoms with Crippen LogP contribution in [0.1, 0.15) is 52.4 Å². The number of nitrogens with zero attached hydrogens (tertiary/aromatic N) is 1. The second kappa shape index (κ2) is 9.16. The van der Waals surface area contributed by atoms with E-state index in [4.69, 9.17) is 5.11 Å². The van der Waals surface area contributed by atoms with Gasteiger partial charge in [-0.3, -0.25) is 0 Å². The molecule has 0 aromatic carbocycles. The van der Waals surface area contributed by atoms with E-state index < -0.39 is 16.3 Å². The van der Waals surface area contributed by atoms with Gasteiger partial charge in [0.25, 0.3) is 0 Å². The standard InChI is InChI=1S/C11H24N2O4S/c1-3-5-7-9-13(10-8-6-4-2)18(16,17)12-11(14)15/h12H,3-10H2,1-2H3,(H,14,15). The van der Waals surface area contributed by atoms with Crippen molar-refractivity contribution in [3.05, 3.63) is 0 Å². The molecule has 0 aromatic rings. The minimum atomic E-state index is -3.90. The molecule has 0 aliphatic rings. The van der Waals surface area contributed by atoms with Gasteiger partial charge < -0.3 is 5.11 Å². The van der Waals surface area contributed by atoms with E-state index in [-0.39, 0.29) is 0 Å². The first-order valence-corrected chi connectivity index (χ1v) is 7.88. The number of hydrogen-bond acceptors (Lipinski definition) is 3. The monoisotopic (exact) mass is 280 g/mol. The third-order valence-corrected chi connectivity index (χ3v) is 4.06. The number of carbonyl (C=O) groups is 1. The number of unbranched alkanes of at least 4 members (excludes halogenated alkanes) is 4. The molecule has 0 rings (SSSR count). The molecule has 0 saturated carbocycles. The second-order valence-electron chi connectivity index (χ2n) is 4.23. The fourth-order valence-electron chi connectivity index (χ4n) is 1.60. The maximum Gasteiger partial charge on any atom is 0.419 e. The highest BCUT2D eigenvalue weighted by Crippen LogP contribution is 2.06. The summed E-state index contributed by atoms with van der Waals surface area (Å²) in [5.74, 6) is 0. The predicted molar refractivity (Wildman–Crippen MR) is 70.7 cm³/mol. The van der Waals surface area contributed by atoms with E-state index in [1.807, 2.05) is 13.8 Å². The van der Waals surface area contributed by atoms with Gasteiger partial charge in [0, 0.05) is 13.1 Å². The molecule has 0 aromatic heterocycles. The fourth-order valence-corrected chi connectivity index (χ4v) is 2.69. The minimum Gasteiger partial charge on any atom is -0.464 e. The Morgan fingerprint density at radius 2 is 1.50 bits per heavy atom. The van der Waals surface area contributed by atoms with Gasteiger partial charge in [-0.25, -0.2) is 9.52 Å².